The molecule has 3 aliphatic rings. The van der Waals surface area contributed by atoms with Crippen molar-refractivity contribution in [2.75, 3.05) is 38.2 Å². The zero-order valence-corrected chi connectivity index (χ0v) is 14.6. The summed E-state index contributed by atoms with van der Waals surface area (Å²) in [5.74, 6) is 1.09. The highest BCUT2D eigenvalue weighted by atomic mass is 16.5. The molecule has 1 amide bonds. The first kappa shape index (κ1) is 16.9. The Labute approximate surface area is 148 Å². The van der Waals surface area contributed by atoms with Crippen LogP contribution in [0, 0.1) is 11.8 Å². The molecule has 3 fully saturated rings. The molecule has 0 aromatic carbocycles. The van der Waals surface area contributed by atoms with E-state index in [9.17, 15) is 4.79 Å². The first-order valence-electron chi connectivity index (χ1n) is 9.43. The average Bonchev–Trinajstić information content (AvgIpc) is 3.05. The standard InChI is InChI=1S/C19H27N3O3/c23-19(21-15-2-1-6-20-11-15)10-18-17-3-7-22(12-14(17)13-25-18)16-4-8-24-9-5-16/h1-2,6,11,14,16-18H,3-5,7-10,12-13H2,(H,21,23)/t14-,17-,18+/m1/s1. The van der Waals surface area contributed by atoms with E-state index in [4.69, 9.17) is 9.47 Å². The smallest absolute Gasteiger partial charge is 0.227 e. The van der Waals surface area contributed by atoms with Crippen LogP contribution in [-0.2, 0) is 14.3 Å². The van der Waals surface area contributed by atoms with Gasteiger partial charge in [-0.3, -0.25) is 14.7 Å². The highest BCUT2D eigenvalue weighted by Crippen LogP contribution is 2.37. The van der Waals surface area contributed by atoms with Crippen LogP contribution in [0.1, 0.15) is 25.7 Å². The predicted octanol–water partition coefficient (Wildman–Crippen LogP) is 1.93. The predicted molar refractivity (Wildman–Crippen MR) is 94.2 cm³/mol. The van der Waals surface area contributed by atoms with Gasteiger partial charge in [0.2, 0.25) is 5.91 Å². The molecule has 6 heteroatoms. The molecule has 3 atom stereocenters. The van der Waals surface area contributed by atoms with E-state index in [1.165, 1.54) is 0 Å². The van der Waals surface area contributed by atoms with Gasteiger partial charge in [0, 0.05) is 37.9 Å². The summed E-state index contributed by atoms with van der Waals surface area (Å²) in [4.78, 5) is 19.0. The fourth-order valence-electron chi connectivity index (χ4n) is 4.54. The van der Waals surface area contributed by atoms with Gasteiger partial charge in [0.25, 0.3) is 0 Å². The van der Waals surface area contributed by atoms with Crippen LogP contribution in [0.4, 0.5) is 5.69 Å². The molecule has 0 spiro atoms. The van der Waals surface area contributed by atoms with Crippen molar-refractivity contribution in [3.8, 4) is 0 Å². The lowest BCUT2D eigenvalue weighted by Gasteiger charge is -2.41. The second-order valence-corrected chi connectivity index (χ2v) is 7.42. The molecule has 0 bridgehead atoms. The maximum absolute atomic E-state index is 12.3. The number of carbonyl (C=O) groups is 1. The molecule has 0 unspecified atom stereocenters. The highest BCUT2D eigenvalue weighted by Gasteiger charge is 2.42. The molecule has 3 aliphatic heterocycles. The van der Waals surface area contributed by atoms with Crippen LogP contribution in [0.5, 0.6) is 0 Å². The Morgan fingerprint density at radius 2 is 2.20 bits per heavy atom. The van der Waals surface area contributed by atoms with Gasteiger partial charge in [0.1, 0.15) is 0 Å². The second kappa shape index (κ2) is 7.81. The first-order chi connectivity index (χ1) is 12.3. The molecule has 0 aliphatic carbocycles. The molecule has 4 heterocycles. The van der Waals surface area contributed by atoms with Crippen molar-refractivity contribution >= 4 is 11.6 Å². The van der Waals surface area contributed by atoms with Crippen molar-refractivity contribution in [1.29, 1.82) is 0 Å². The van der Waals surface area contributed by atoms with E-state index in [2.05, 4.69) is 15.2 Å². The molecule has 25 heavy (non-hydrogen) atoms. The summed E-state index contributed by atoms with van der Waals surface area (Å²) in [5.41, 5.74) is 0.747. The third kappa shape index (κ3) is 4.02. The third-order valence-corrected chi connectivity index (χ3v) is 5.87. The third-order valence-electron chi connectivity index (χ3n) is 5.87. The number of carbonyl (C=O) groups excluding carboxylic acids is 1. The van der Waals surface area contributed by atoms with Crippen LogP contribution in [-0.4, -0.2) is 60.8 Å². The summed E-state index contributed by atoms with van der Waals surface area (Å²) < 4.78 is 11.5. The molecule has 6 nitrogen and oxygen atoms in total. The van der Waals surface area contributed by atoms with E-state index < -0.39 is 0 Å². The number of aromatic nitrogens is 1. The fourth-order valence-corrected chi connectivity index (χ4v) is 4.54. The topological polar surface area (TPSA) is 63.7 Å². The first-order valence-corrected chi connectivity index (χ1v) is 9.43. The summed E-state index contributed by atoms with van der Waals surface area (Å²) in [6.07, 6.45) is 7.29. The summed E-state index contributed by atoms with van der Waals surface area (Å²) in [7, 11) is 0. The van der Waals surface area contributed by atoms with E-state index in [0.717, 1.165) is 57.9 Å². The van der Waals surface area contributed by atoms with Crippen LogP contribution >= 0.6 is 0 Å². The molecule has 0 saturated carbocycles. The maximum Gasteiger partial charge on any atom is 0.227 e. The van der Waals surface area contributed by atoms with E-state index in [1.807, 2.05) is 12.1 Å². The lowest BCUT2D eigenvalue weighted by Crippen LogP contribution is -2.48. The number of rotatable bonds is 4. The van der Waals surface area contributed by atoms with Crippen molar-refractivity contribution < 1.29 is 14.3 Å². The molecular formula is C19H27N3O3. The van der Waals surface area contributed by atoms with Gasteiger partial charge >= 0.3 is 0 Å². The minimum absolute atomic E-state index is 0.0190. The zero-order valence-electron chi connectivity index (χ0n) is 14.6. The number of ether oxygens (including phenoxy) is 2. The van der Waals surface area contributed by atoms with Crippen molar-refractivity contribution in [2.45, 2.75) is 37.8 Å². The molecule has 3 saturated heterocycles. The van der Waals surface area contributed by atoms with Gasteiger partial charge in [-0.15, -0.1) is 0 Å². The van der Waals surface area contributed by atoms with Gasteiger partial charge in [-0.25, -0.2) is 0 Å². The number of nitrogens with zero attached hydrogens (tertiary/aromatic N) is 2. The van der Waals surface area contributed by atoms with Crippen LogP contribution < -0.4 is 5.32 Å². The van der Waals surface area contributed by atoms with Gasteiger partial charge in [-0.2, -0.15) is 0 Å². The SMILES string of the molecule is O=C(C[C@@H]1OC[C@H]2CN(C3CCOCC3)CC[C@H]21)Nc1cccnc1. The van der Waals surface area contributed by atoms with Crippen molar-refractivity contribution in [3.05, 3.63) is 24.5 Å². The Bertz CT molecular complexity index is 577. The number of piperidine rings is 1. The quantitative estimate of drug-likeness (QED) is 0.903. The highest BCUT2D eigenvalue weighted by molar-refractivity contribution is 5.90. The number of hydrogen-bond acceptors (Lipinski definition) is 5. The van der Waals surface area contributed by atoms with Gasteiger partial charge in [-0.1, -0.05) is 0 Å². The van der Waals surface area contributed by atoms with Gasteiger partial charge in [0.15, 0.2) is 0 Å². The largest absolute Gasteiger partial charge is 0.381 e. The molecule has 1 aromatic heterocycles. The number of amides is 1. The summed E-state index contributed by atoms with van der Waals surface area (Å²) in [5, 5.41) is 2.92. The number of fused-ring (bicyclic) bond motifs is 1. The number of likely N-dealkylation sites (tertiary alicyclic amines) is 1. The van der Waals surface area contributed by atoms with E-state index in [1.54, 1.807) is 12.4 Å². The fraction of sp³-hybridized carbons (Fsp3) is 0.684. The molecular weight excluding hydrogens is 318 g/mol. The van der Waals surface area contributed by atoms with Crippen LogP contribution in [0.25, 0.3) is 0 Å². The maximum atomic E-state index is 12.3. The Morgan fingerprint density at radius 3 is 3.00 bits per heavy atom. The Balaban J connectivity index is 1.29. The van der Waals surface area contributed by atoms with Crippen LogP contribution in [0.2, 0.25) is 0 Å². The van der Waals surface area contributed by atoms with E-state index >= 15 is 0 Å². The minimum atomic E-state index is 0.0190. The zero-order chi connectivity index (χ0) is 17.1. The summed E-state index contributed by atoms with van der Waals surface area (Å²) >= 11 is 0. The lowest BCUT2D eigenvalue weighted by molar-refractivity contribution is -0.118. The molecule has 4 rings (SSSR count). The number of nitrogens with one attached hydrogen (secondary N) is 1. The number of anilines is 1. The molecule has 1 aromatic rings. The molecule has 1 N–H and O–H groups in total. The van der Waals surface area contributed by atoms with Gasteiger partial charge in [-0.05, 0) is 43.9 Å². The minimum Gasteiger partial charge on any atom is -0.381 e. The van der Waals surface area contributed by atoms with Crippen molar-refractivity contribution in [2.24, 2.45) is 11.8 Å². The van der Waals surface area contributed by atoms with Crippen LogP contribution in [0.15, 0.2) is 24.5 Å². The van der Waals surface area contributed by atoms with Crippen LogP contribution in [0.3, 0.4) is 0 Å². The van der Waals surface area contributed by atoms with Crippen molar-refractivity contribution in [3.63, 3.8) is 0 Å². The monoisotopic (exact) mass is 345 g/mol. The van der Waals surface area contributed by atoms with Gasteiger partial charge in [0.05, 0.1) is 31.0 Å². The normalized spacial score (nSPS) is 30.8. The van der Waals surface area contributed by atoms with E-state index in [0.29, 0.717) is 24.3 Å². The average molecular weight is 345 g/mol. The summed E-state index contributed by atoms with van der Waals surface area (Å²) in [6, 6.07) is 4.35. The Hall–Kier alpha value is -1.50. The lowest BCUT2D eigenvalue weighted by atomic mass is 9.82. The van der Waals surface area contributed by atoms with Gasteiger partial charge < -0.3 is 14.8 Å². The number of hydrogen-bond donors (Lipinski definition) is 1. The Kier molecular flexibility index (Phi) is 5.29. The van der Waals surface area contributed by atoms with E-state index in [-0.39, 0.29) is 12.0 Å². The molecule has 0 radical (unpaired) electrons. The van der Waals surface area contributed by atoms with Crippen molar-refractivity contribution in [1.82, 2.24) is 9.88 Å². The second-order valence-electron chi connectivity index (χ2n) is 7.42. The molecule has 136 valence electrons. The number of pyridine rings is 1. The Morgan fingerprint density at radius 1 is 1.32 bits per heavy atom. The summed E-state index contributed by atoms with van der Waals surface area (Å²) in [6.45, 7) is 4.80.